The highest BCUT2D eigenvalue weighted by atomic mass is 35.5. The third-order valence-corrected chi connectivity index (χ3v) is 5.64. The zero-order chi connectivity index (χ0) is 15.6. The highest BCUT2D eigenvalue weighted by molar-refractivity contribution is 7.89. The number of sulfonamides is 1. The number of piperidine rings is 1. The van der Waals surface area contributed by atoms with Gasteiger partial charge in [0.25, 0.3) is 0 Å². The Labute approximate surface area is 143 Å². The maximum Gasteiger partial charge on any atom is 0.241 e. The van der Waals surface area contributed by atoms with Crippen molar-refractivity contribution < 1.29 is 13.2 Å². The third-order valence-electron chi connectivity index (χ3n) is 3.68. The number of nitrogens with one attached hydrogen (secondary N) is 2. The summed E-state index contributed by atoms with van der Waals surface area (Å²) < 4.78 is 33.0. The van der Waals surface area contributed by atoms with Gasteiger partial charge >= 0.3 is 0 Å². The Balaban J connectivity index is 0.00000242. The lowest BCUT2D eigenvalue weighted by Crippen LogP contribution is -2.46. The summed E-state index contributed by atoms with van der Waals surface area (Å²) >= 11 is 6.05. The zero-order valence-electron chi connectivity index (χ0n) is 12.8. The van der Waals surface area contributed by atoms with Crippen LogP contribution in [0.5, 0.6) is 5.75 Å². The molecule has 1 aliphatic heterocycles. The van der Waals surface area contributed by atoms with Crippen molar-refractivity contribution in [2.75, 3.05) is 13.7 Å². The van der Waals surface area contributed by atoms with Gasteiger partial charge in [0.1, 0.15) is 5.75 Å². The van der Waals surface area contributed by atoms with Gasteiger partial charge < -0.3 is 10.1 Å². The molecule has 0 spiro atoms. The van der Waals surface area contributed by atoms with Crippen LogP contribution in [0.15, 0.2) is 17.0 Å². The second kappa shape index (κ2) is 7.84. The van der Waals surface area contributed by atoms with Crippen LogP contribution in [0.3, 0.4) is 0 Å². The van der Waals surface area contributed by atoms with Crippen LogP contribution >= 0.6 is 24.0 Å². The van der Waals surface area contributed by atoms with Crippen LogP contribution < -0.4 is 14.8 Å². The molecule has 0 amide bonds. The molecular weight excluding hydrogens is 347 g/mol. The minimum atomic E-state index is -3.58. The summed E-state index contributed by atoms with van der Waals surface area (Å²) in [6.45, 7) is 4.60. The number of ether oxygens (including phenoxy) is 1. The number of aryl methyl sites for hydroxylation is 1. The summed E-state index contributed by atoms with van der Waals surface area (Å²) in [5.74, 6) is 0.476. The summed E-state index contributed by atoms with van der Waals surface area (Å²) in [4.78, 5) is 0.208. The first-order chi connectivity index (χ1) is 9.83. The highest BCUT2D eigenvalue weighted by Gasteiger charge is 2.26. The Morgan fingerprint density at radius 1 is 1.41 bits per heavy atom. The van der Waals surface area contributed by atoms with Crippen LogP contribution in [0.4, 0.5) is 0 Å². The molecule has 2 unspecified atom stereocenters. The molecule has 0 bridgehead atoms. The summed E-state index contributed by atoms with van der Waals surface area (Å²) in [6.07, 6.45) is 1.56. The normalized spacial score (nSPS) is 22.0. The van der Waals surface area contributed by atoms with Crippen molar-refractivity contribution >= 4 is 34.0 Å². The van der Waals surface area contributed by atoms with Crippen molar-refractivity contribution in [1.29, 1.82) is 0 Å². The van der Waals surface area contributed by atoms with Gasteiger partial charge in [0.2, 0.25) is 10.0 Å². The molecule has 126 valence electrons. The lowest BCUT2D eigenvalue weighted by Gasteiger charge is -2.28. The Bertz CT molecular complexity index is 623. The van der Waals surface area contributed by atoms with Crippen LogP contribution in [0, 0.1) is 6.92 Å². The monoisotopic (exact) mass is 368 g/mol. The van der Waals surface area contributed by atoms with Gasteiger partial charge in [-0.1, -0.05) is 11.6 Å². The van der Waals surface area contributed by atoms with E-state index in [1.165, 1.54) is 13.2 Å². The minimum Gasteiger partial charge on any atom is -0.495 e. The lowest BCUT2D eigenvalue weighted by atomic mass is 10.0. The summed E-state index contributed by atoms with van der Waals surface area (Å²) in [5.41, 5.74) is 0.616. The molecule has 0 radical (unpaired) electrons. The summed E-state index contributed by atoms with van der Waals surface area (Å²) in [7, 11) is -2.08. The number of hydrogen-bond donors (Lipinski definition) is 2. The molecule has 1 heterocycles. The van der Waals surface area contributed by atoms with E-state index in [0.29, 0.717) is 22.4 Å². The average Bonchev–Trinajstić information content (AvgIpc) is 2.40. The molecule has 1 aromatic carbocycles. The van der Waals surface area contributed by atoms with E-state index in [9.17, 15) is 8.42 Å². The smallest absolute Gasteiger partial charge is 0.241 e. The molecule has 2 atom stereocenters. The van der Waals surface area contributed by atoms with E-state index in [4.69, 9.17) is 16.3 Å². The Kier molecular flexibility index (Phi) is 6.95. The van der Waals surface area contributed by atoms with Gasteiger partial charge in [0.15, 0.2) is 0 Å². The molecule has 1 fully saturated rings. The van der Waals surface area contributed by atoms with Gasteiger partial charge in [-0.2, -0.15) is 0 Å². The number of rotatable bonds is 4. The fourth-order valence-electron chi connectivity index (χ4n) is 2.60. The first kappa shape index (κ1) is 19.5. The number of halogens is 2. The molecule has 2 rings (SSSR count). The fraction of sp³-hybridized carbons (Fsp3) is 0.571. The van der Waals surface area contributed by atoms with Crippen LogP contribution in [-0.2, 0) is 10.0 Å². The number of methoxy groups -OCH3 is 1. The van der Waals surface area contributed by atoms with E-state index < -0.39 is 10.0 Å². The molecule has 0 saturated carbocycles. The van der Waals surface area contributed by atoms with Gasteiger partial charge in [0, 0.05) is 12.1 Å². The van der Waals surface area contributed by atoms with E-state index in [0.717, 1.165) is 19.4 Å². The Morgan fingerprint density at radius 3 is 2.68 bits per heavy atom. The topological polar surface area (TPSA) is 67.4 Å². The molecule has 1 aliphatic rings. The number of benzene rings is 1. The second-order valence-corrected chi connectivity index (χ2v) is 7.54. The van der Waals surface area contributed by atoms with Crippen molar-refractivity contribution in [2.24, 2.45) is 0 Å². The van der Waals surface area contributed by atoms with Gasteiger partial charge in [0.05, 0.1) is 17.0 Å². The van der Waals surface area contributed by atoms with Crippen LogP contribution in [0.2, 0.25) is 5.02 Å². The van der Waals surface area contributed by atoms with Crippen molar-refractivity contribution in [2.45, 2.75) is 43.7 Å². The van der Waals surface area contributed by atoms with E-state index in [1.807, 2.05) is 0 Å². The van der Waals surface area contributed by atoms with Crippen LogP contribution in [0.1, 0.15) is 25.3 Å². The molecule has 2 N–H and O–H groups in total. The average molecular weight is 369 g/mol. The number of hydrogen-bond acceptors (Lipinski definition) is 4. The molecule has 8 heteroatoms. The summed E-state index contributed by atoms with van der Waals surface area (Å²) in [6, 6.07) is 3.35. The summed E-state index contributed by atoms with van der Waals surface area (Å²) in [5, 5.41) is 3.59. The van der Waals surface area contributed by atoms with E-state index in [-0.39, 0.29) is 23.3 Å². The third kappa shape index (κ3) is 4.49. The maximum absolute atomic E-state index is 12.5. The second-order valence-electron chi connectivity index (χ2n) is 5.45. The SMILES string of the molecule is COc1cc(C)c(S(=O)(=O)NC2CCNC(C)C2)cc1Cl.Cl. The van der Waals surface area contributed by atoms with E-state index in [1.54, 1.807) is 13.0 Å². The van der Waals surface area contributed by atoms with Crippen molar-refractivity contribution in [3.05, 3.63) is 22.7 Å². The van der Waals surface area contributed by atoms with Gasteiger partial charge in [-0.25, -0.2) is 13.1 Å². The van der Waals surface area contributed by atoms with E-state index >= 15 is 0 Å². The molecule has 1 aromatic rings. The van der Waals surface area contributed by atoms with Crippen molar-refractivity contribution in [3.63, 3.8) is 0 Å². The molecule has 0 aliphatic carbocycles. The minimum absolute atomic E-state index is 0. The van der Waals surface area contributed by atoms with Gasteiger partial charge in [-0.3, -0.25) is 0 Å². The highest BCUT2D eigenvalue weighted by Crippen LogP contribution is 2.30. The van der Waals surface area contributed by atoms with Gasteiger partial charge in [-0.05, 0) is 50.9 Å². The molecule has 5 nitrogen and oxygen atoms in total. The zero-order valence-corrected chi connectivity index (χ0v) is 15.2. The standard InChI is InChI=1S/C14H21ClN2O3S.ClH/c1-9-6-13(20-3)12(15)8-14(9)21(18,19)17-11-4-5-16-10(2)7-11;/h6,8,10-11,16-17H,4-5,7H2,1-3H3;1H. The molecular formula is C14H22Cl2N2O3S. The maximum atomic E-state index is 12.5. The molecule has 22 heavy (non-hydrogen) atoms. The molecule has 1 saturated heterocycles. The Morgan fingerprint density at radius 2 is 2.09 bits per heavy atom. The van der Waals surface area contributed by atoms with Crippen LogP contribution in [0.25, 0.3) is 0 Å². The lowest BCUT2D eigenvalue weighted by molar-refractivity contribution is 0.361. The fourth-order valence-corrected chi connectivity index (χ4v) is 4.45. The molecule has 0 aromatic heterocycles. The first-order valence-electron chi connectivity index (χ1n) is 6.93. The first-order valence-corrected chi connectivity index (χ1v) is 8.79. The van der Waals surface area contributed by atoms with Crippen LogP contribution in [-0.4, -0.2) is 34.2 Å². The van der Waals surface area contributed by atoms with Gasteiger partial charge in [-0.15, -0.1) is 12.4 Å². The van der Waals surface area contributed by atoms with E-state index in [2.05, 4.69) is 17.0 Å². The quantitative estimate of drug-likeness (QED) is 0.856. The predicted octanol–water partition coefficient (Wildman–Crippen LogP) is 2.50. The van der Waals surface area contributed by atoms with Crippen molar-refractivity contribution in [3.8, 4) is 5.75 Å². The Hall–Kier alpha value is -0.530. The van der Waals surface area contributed by atoms with Crippen molar-refractivity contribution in [1.82, 2.24) is 10.0 Å². The largest absolute Gasteiger partial charge is 0.495 e. The predicted molar refractivity (Wildman–Crippen MR) is 90.8 cm³/mol.